The van der Waals surface area contributed by atoms with Crippen molar-refractivity contribution < 1.29 is 9.90 Å². The van der Waals surface area contributed by atoms with Crippen LogP contribution in [0, 0.1) is 11.3 Å². The van der Waals surface area contributed by atoms with Crippen molar-refractivity contribution in [1.29, 1.82) is 5.26 Å². The van der Waals surface area contributed by atoms with Gasteiger partial charge in [-0.05, 0) is 55.0 Å². The lowest BCUT2D eigenvalue weighted by Crippen LogP contribution is -2.18. The summed E-state index contributed by atoms with van der Waals surface area (Å²) in [7, 11) is 0. The van der Waals surface area contributed by atoms with Gasteiger partial charge in [0, 0.05) is 23.5 Å². The minimum absolute atomic E-state index is 0.0416. The summed E-state index contributed by atoms with van der Waals surface area (Å²) >= 11 is 1.42. The largest absolute Gasteiger partial charge is 0.481 e. The lowest BCUT2D eigenvalue weighted by atomic mass is 10.1. The summed E-state index contributed by atoms with van der Waals surface area (Å²) in [6, 6.07) is 11.8. The SMILES string of the molecule is N#Cc1ccc(-c2nc3c(c(N4CCc5cc(CC(=O)O)ccc54)n2)CCC3)s1. The van der Waals surface area contributed by atoms with Gasteiger partial charge in [-0.3, -0.25) is 4.79 Å². The first kappa shape index (κ1) is 17.8. The molecule has 6 nitrogen and oxygen atoms in total. The van der Waals surface area contributed by atoms with Gasteiger partial charge in [0.15, 0.2) is 5.82 Å². The number of benzene rings is 1. The lowest BCUT2D eigenvalue weighted by Gasteiger charge is -2.22. The van der Waals surface area contributed by atoms with E-state index in [1.54, 1.807) is 0 Å². The highest BCUT2D eigenvalue weighted by Crippen LogP contribution is 2.40. The number of anilines is 2. The molecule has 1 aliphatic heterocycles. The van der Waals surface area contributed by atoms with Gasteiger partial charge in [0.25, 0.3) is 0 Å². The maximum absolute atomic E-state index is 11.0. The van der Waals surface area contributed by atoms with Crippen LogP contribution in [0.3, 0.4) is 0 Å². The number of thiophene rings is 1. The molecule has 0 fully saturated rings. The van der Waals surface area contributed by atoms with Crippen molar-refractivity contribution in [1.82, 2.24) is 9.97 Å². The number of aryl methyl sites for hydroxylation is 1. The minimum atomic E-state index is -0.814. The van der Waals surface area contributed by atoms with Gasteiger partial charge < -0.3 is 10.0 Å². The molecule has 1 aliphatic carbocycles. The molecule has 2 aliphatic rings. The second-order valence-electron chi connectivity index (χ2n) is 7.36. The fourth-order valence-electron chi connectivity index (χ4n) is 4.22. The number of aromatic nitrogens is 2. The zero-order valence-corrected chi connectivity index (χ0v) is 16.5. The maximum Gasteiger partial charge on any atom is 0.307 e. The molecule has 1 N–H and O–H groups in total. The molecule has 0 amide bonds. The maximum atomic E-state index is 11.0. The van der Waals surface area contributed by atoms with E-state index < -0.39 is 5.97 Å². The Morgan fingerprint density at radius 1 is 1.21 bits per heavy atom. The highest BCUT2D eigenvalue weighted by atomic mass is 32.1. The number of hydrogen-bond acceptors (Lipinski definition) is 6. The Morgan fingerprint density at radius 2 is 2.10 bits per heavy atom. The van der Waals surface area contributed by atoms with Crippen LogP contribution >= 0.6 is 11.3 Å². The molecule has 5 rings (SSSR count). The fourth-order valence-corrected chi connectivity index (χ4v) is 4.96. The molecular weight excluding hydrogens is 384 g/mol. The second kappa shape index (κ2) is 6.98. The number of aliphatic carboxylic acids is 1. The minimum Gasteiger partial charge on any atom is -0.481 e. The normalized spacial score (nSPS) is 14.5. The standard InChI is InChI=1S/C22H18N4O2S/c23-12-15-5-7-19(29-15)21-24-17-3-1-2-16(17)22(25-21)26-9-8-14-10-13(11-20(27)28)4-6-18(14)26/h4-7,10H,1-3,8-9,11H2,(H,27,28). The first-order valence-corrected chi connectivity index (χ1v) is 10.5. The smallest absolute Gasteiger partial charge is 0.307 e. The Hall–Kier alpha value is -3.24. The Kier molecular flexibility index (Phi) is 4.29. The Bertz CT molecular complexity index is 1180. The molecular formula is C22H18N4O2S. The summed E-state index contributed by atoms with van der Waals surface area (Å²) in [6.07, 6.45) is 3.91. The molecule has 0 bridgehead atoms. The summed E-state index contributed by atoms with van der Waals surface area (Å²) in [4.78, 5) is 24.6. The lowest BCUT2D eigenvalue weighted by molar-refractivity contribution is -0.136. The molecule has 0 spiro atoms. The van der Waals surface area contributed by atoms with E-state index >= 15 is 0 Å². The van der Waals surface area contributed by atoms with Crippen LogP contribution in [-0.2, 0) is 30.5 Å². The van der Waals surface area contributed by atoms with Crippen LogP contribution in [0.25, 0.3) is 10.7 Å². The third-order valence-corrected chi connectivity index (χ3v) is 6.48. The predicted molar refractivity (Wildman–Crippen MR) is 111 cm³/mol. The van der Waals surface area contributed by atoms with E-state index in [-0.39, 0.29) is 6.42 Å². The Labute approximate surface area is 172 Å². The molecule has 0 saturated heterocycles. The number of rotatable bonds is 4. The van der Waals surface area contributed by atoms with Crippen molar-refractivity contribution in [3.8, 4) is 16.8 Å². The highest BCUT2D eigenvalue weighted by molar-refractivity contribution is 7.15. The van der Waals surface area contributed by atoms with Gasteiger partial charge in [0.05, 0.1) is 11.3 Å². The topological polar surface area (TPSA) is 90.1 Å². The molecule has 7 heteroatoms. The van der Waals surface area contributed by atoms with Crippen LogP contribution in [0.5, 0.6) is 0 Å². The first-order valence-electron chi connectivity index (χ1n) is 9.63. The van der Waals surface area contributed by atoms with Crippen molar-refractivity contribution in [2.24, 2.45) is 0 Å². The van der Waals surface area contributed by atoms with Crippen LogP contribution in [0.4, 0.5) is 11.5 Å². The van der Waals surface area contributed by atoms with Crippen LogP contribution in [0.15, 0.2) is 30.3 Å². The molecule has 0 saturated carbocycles. The summed E-state index contributed by atoms with van der Waals surface area (Å²) in [5, 5.41) is 18.2. The van der Waals surface area contributed by atoms with Crippen molar-refractivity contribution in [2.45, 2.75) is 32.1 Å². The molecule has 2 aromatic heterocycles. The van der Waals surface area contributed by atoms with Crippen LogP contribution in [0.2, 0.25) is 0 Å². The fraction of sp³-hybridized carbons (Fsp3) is 0.273. The van der Waals surface area contributed by atoms with E-state index in [1.807, 2.05) is 30.3 Å². The zero-order valence-electron chi connectivity index (χ0n) is 15.7. The first-order chi connectivity index (χ1) is 14.1. The van der Waals surface area contributed by atoms with Crippen LogP contribution < -0.4 is 4.90 Å². The molecule has 0 radical (unpaired) electrons. The molecule has 0 unspecified atom stereocenters. The summed E-state index contributed by atoms with van der Waals surface area (Å²) < 4.78 is 0. The quantitative estimate of drug-likeness (QED) is 0.712. The molecule has 1 aromatic carbocycles. The number of hydrogen-bond donors (Lipinski definition) is 1. The van der Waals surface area contributed by atoms with E-state index in [2.05, 4.69) is 11.0 Å². The van der Waals surface area contributed by atoms with E-state index in [0.717, 1.165) is 59.9 Å². The number of nitrogens with zero attached hydrogens (tertiary/aromatic N) is 4. The third-order valence-electron chi connectivity index (χ3n) is 5.50. The van der Waals surface area contributed by atoms with Gasteiger partial charge in [-0.25, -0.2) is 9.97 Å². The van der Waals surface area contributed by atoms with Gasteiger partial charge in [0.2, 0.25) is 0 Å². The number of carboxylic acid groups (broad SMARTS) is 1. The predicted octanol–water partition coefficient (Wildman–Crippen LogP) is 3.89. The van der Waals surface area contributed by atoms with E-state index in [9.17, 15) is 4.79 Å². The van der Waals surface area contributed by atoms with Gasteiger partial charge in [-0.1, -0.05) is 12.1 Å². The average Bonchev–Trinajstić information content (AvgIpc) is 3.45. The summed E-state index contributed by atoms with van der Waals surface area (Å²) in [5.74, 6) is 0.827. The van der Waals surface area contributed by atoms with Crippen molar-refractivity contribution in [3.63, 3.8) is 0 Å². The second-order valence-corrected chi connectivity index (χ2v) is 8.44. The van der Waals surface area contributed by atoms with Gasteiger partial charge >= 0.3 is 5.97 Å². The van der Waals surface area contributed by atoms with E-state index in [0.29, 0.717) is 10.7 Å². The molecule has 0 atom stereocenters. The van der Waals surface area contributed by atoms with Gasteiger partial charge in [-0.15, -0.1) is 11.3 Å². The average molecular weight is 402 g/mol. The molecule has 144 valence electrons. The zero-order chi connectivity index (χ0) is 20.0. The van der Waals surface area contributed by atoms with Gasteiger partial charge in [0.1, 0.15) is 16.8 Å². The summed E-state index contributed by atoms with van der Waals surface area (Å²) in [6.45, 7) is 0.822. The van der Waals surface area contributed by atoms with Crippen LogP contribution in [0.1, 0.15) is 33.7 Å². The summed E-state index contributed by atoms with van der Waals surface area (Å²) in [5.41, 5.74) is 5.41. The molecule has 29 heavy (non-hydrogen) atoms. The highest BCUT2D eigenvalue weighted by Gasteiger charge is 2.28. The number of carbonyl (C=O) groups is 1. The van der Waals surface area contributed by atoms with Crippen molar-refractivity contribution >= 4 is 28.8 Å². The molecule has 3 aromatic rings. The third kappa shape index (κ3) is 3.15. The number of nitriles is 1. The Balaban J connectivity index is 1.57. The van der Waals surface area contributed by atoms with Crippen LogP contribution in [-0.4, -0.2) is 27.6 Å². The van der Waals surface area contributed by atoms with Crippen molar-refractivity contribution in [3.05, 3.63) is 57.6 Å². The number of fused-ring (bicyclic) bond motifs is 2. The number of carboxylic acids is 1. The Morgan fingerprint density at radius 3 is 2.90 bits per heavy atom. The molecule has 3 heterocycles. The van der Waals surface area contributed by atoms with E-state index in [4.69, 9.17) is 20.3 Å². The monoisotopic (exact) mass is 402 g/mol. The van der Waals surface area contributed by atoms with Gasteiger partial charge in [-0.2, -0.15) is 5.26 Å². The van der Waals surface area contributed by atoms with Crippen molar-refractivity contribution in [2.75, 3.05) is 11.4 Å². The van der Waals surface area contributed by atoms with E-state index in [1.165, 1.54) is 22.5 Å².